The Labute approximate surface area is 71.6 Å². The standard InChI is InChI=1S/C7H13NS2/c1-7(8-10-9)5-3-2-4-6-7/h2-3,8-9H,4-6H2,1H3. The lowest BCUT2D eigenvalue weighted by molar-refractivity contribution is 0.398. The Morgan fingerprint density at radius 1 is 1.60 bits per heavy atom. The van der Waals surface area contributed by atoms with Gasteiger partial charge < -0.3 is 0 Å². The van der Waals surface area contributed by atoms with Crippen LogP contribution in [0.25, 0.3) is 0 Å². The van der Waals surface area contributed by atoms with Gasteiger partial charge in [0.2, 0.25) is 0 Å². The molecule has 1 nitrogen and oxygen atoms in total. The molecule has 0 aromatic rings. The van der Waals surface area contributed by atoms with E-state index in [1.54, 1.807) is 0 Å². The molecule has 0 amide bonds. The highest BCUT2D eigenvalue weighted by Crippen LogP contribution is 2.25. The lowest BCUT2D eigenvalue weighted by atomic mass is 9.89. The maximum atomic E-state index is 4.07. The number of rotatable bonds is 2. The molecule has 0 aromatic heterocycles. The van der Waals surface area contributed by atoms with Gasteiger partial charge in [0.1, 0.15) is 0 Å². The fourth-order valence-electron chi connectivity index (χ4n) is 1.17. The van der Waals surface area contributed by atoms with Crippen LogP contribution in [0.2, 0.25) is 0 Å². The molecule has 0 fully saturated rings. The fraction of sp³-hybridized carbons (Fsp3) is 0.714. The van der Waals surface area contributed by atoms with Gasteiger partial charge in [-0.3, -0.25) is 0 Å². The second kappa shape index (κ2) is 3.69. The Balaban J connectivity index is 2.43. The average molecular weight is 175 g/mol. The van der Waals surface area contributed by atoms with Crippen LogP contribution < -0.4 is 4.72 Å². The van der Waals surface area contributed by atoms with Crippen LogP contribution in [0, 0.1) is 0 Å². The smallest absolute Gasteiger partial charge is 0.0299 e. The maximum absolute atomic E-state index is 4.07. The predicted molar refractivity (Wildman–Crippen MR) is 51.1 cm³/mol. The molecular formula is C7H13NS2. The van der Waals surface area contributed by atoms with Gasteiger partial charge in [-0.2, -0.15) is 0 Å². The van der Waals surface area contributed by atoms with Crippen LogP contribution in [0.4, 0.5) is 0 Å². The molecule has 1 aliphatic carbocycles. The van der Waals surface area contributed by atoms with E-state index in [1.807, 2.05) is 0 Å². The molecule has 1 rings (SSSR count). The van der Waals surface area contributed by atoms with Crippen molar-refractivity contribution in [2.75, 3.05) is 0 Å². The normalized spacial score (nSPS) is 32.6. The summed E-state index contributed by atoms with van der Waals surface area (Å²) in [5.41, 5.74) is 0.279. The average Bonchev–Trinajstić information content (AvgIpc) is 1.89. The zero-order chi connectivity index (χ0) is 7.45. The predicted octanol–water partition coefficient (Wildman–Crippen LogP) is 2.57. The molecular weight excluding hydrogens is 162 g/mol. The SMILES string of the molecule is CC1(NSS)CC=CCC1. The lowest BCUT2D eigenvalue weighted by Gasteiger charge is -2.30. The summed E-state index contributed by atoms with van der Waals surface area (Å²) in [6.07, 6.45) is 8.02. The van der Waals surface area contributed by atoms with Gasteiger partial charge in [0.25, 0.3) is 0 Å². The number of nitrogens with one attached hydrogen (secondary N) is 1. The van der Waals surface area contributed by atoms with Crippen molar-refractivity contribution in [2.45, 2.75) is 31.7 Å². The molecule has 0 aromatic carbocycles. The fourth-order valence-corrected chi connectivity index (χ4v) is 2.24. The largest absolute Gasteiger partial charge is 0.249 e. The van der Waals surface area contributed by atoms with Crippen molar-refractivity contribution in [1.82, 2.24) is 4.72 Å². The van der Waals surface area contributed by atoms with Gasteiger partial charge in [-0.25, -0.2) is 4.72 Å². The second-order valence-electron chi connectivity index (χ2n) is 2.97. The van der Waals surface area contributed by atoms with Crippen molar-refractivity contribution in [3.8, 4) is 0 Å². The van der Waals surface area contributed by atoms with Crippen LogP contribution >= 0.6 is 22.6 Å². The molecule has 0 radical (unpaired) electrons. The minimum Gasteiger partial charge on any atom is -0.249 e. The van der Waals surface area contributed by atoms with Crippen molar-refractivity contribution >= 4 is 22.6 Å². The van der Waals surface area contributed by atoms with Crippen LogP contribution in [0.3, 0.4) is 0 Å². The van der Waals surface area contributed by atoms with E-state index in [2.05, 4.69) is 35.5 Å². The number of hydrogen-bond acceptors (Lipinski definition) is 3. The first-order chi connectivity index (χ1) is 4.77. The van der Waals surface area contributed by atoms with Gasteiger partial charge in [-0.15, -0.1) is 0 Å². The van der Waals surface area contributed by atoms with E-state index in [0.29, 0.717) is 0 Å². The minimum absolute atomic E-state index is 0.279. The molecule has 0 heterocycles. The molecule has 1 N–H and O–H groups in total. The van der Waals surface area contributed by atoms with E-state index in [4.69, 9.17) is 0 Å². The monoisotopic (exact) mass is 175 g/mol. The van der Waals surface area contributed by atoms with Gasteiger partial charge >= 0.3 is 0 Å². The van der Waals surface area contributed by atoms with Gasteiger partial charge in [0.05, 0.1) is 0 Å². The minimum atomic E-state index is 0.279. The zero-order valence-electron chi connectivity index (χ0n) is 6.13. The van der Waals surface area contributed by atoms with E-state index in [9.17, 15) is 0 Å². The maximum Gasteiger partial charge on any atom is 0.0299 e. The Morgan fingerprint density at radius 3 is 2.90 bits per heavy atom. The molecule has 10 heavy (non-hydrogen) atoms. The molecule has 1 atom stereocenters. The first-order valence-electron chi connectivity index (χ1n) is 3.49. The van der Waals surface area contributed by atoms with E-state index in [1.165, 1.54) is 23.8 Å². The van der Waals surface area contributed by atoms with Crippen LogP contribution in [-0.4, -0.2) is 5.54 Å². The molecule has 0 saturated heterocycles. The highest BCUT2D eigenvalue weighted by Gasteiger charge is 2.22. The van der Waals surface area contributed by atoms with Crippen LogP contribution in [0.1, 0.15) is 26.2 Å². The quantitative estimate of drug-likeness (QED) is 0.289. The Bertz CT molecular complexity index is 136. The molecule has 0 saturated carbocycles. The van der Waals surface area contributed by atoms with E-state index in [-0.39, 0.29) is 5.54 Å². The lowest BCUT2D eigenvalue weighted by Crippen LogP contribution is -2.37. The molecule has 0 spiro atoms. The van der Waals surface area contributed by atoms with Crippen LogP contribution in [0.15, 0.2) is 12.2 Å². The summed E-state index contributed by atoms with van der Waals surface area (Å²) in [4.78, 5) is 0. The third-order valence-corrected chi connectivity index (χ3v) is 2.75. The van der Waals surface area contributed by atoms with Crippen LogP contribution in [-0.2, 0) is 0 Å². The van der Waals surface area contributed by atoms with E-state index in [0.717, 1.165) is 6.42 Å². The van der Waals surface area contributed by atoms with Gasteiger partial charge in [-0.05, 0) is 37.2 Å². The summed E-state index contributed by atoms with van der Waals surface area (Å²) >= 11 is 4.07. The molecule has 0 aliphatic heterocycles. The Kier molecular flexibility index (Phi) is 3.14. The summed E-state index contributed by atoms with van der Waals surface area (Å²) in [5, 5.41) is 0. The summed E-state index contributed by atoms with van der Waals surface area (Å²) in [5.74, 6) is 0. The van der Waals surface area contributed by atoms with Gasteiger partial charge in [-0.1, -0.05) is 23.8 Å². The summed E-state index contributed by atoms with van der Waals surface area (Å²) < 4.78 is 3.29. The van der Waals surface area contributed by atoms with Crippen molar-refractivity contribution in [2.24, 2.45) is 0 Å². The first-order valence-corrected chi connectivity index (χ1v) is 5.36. The van der Waals surface area contributed by atoms with Crippen LogP contribution in [0.5, 0.6) is 0 Å². The second-order valence-corrected chi connectivity index (χ2v) is 3.90. The van der Waals surface area contributed by atoms with Gasteiger partial charge in [0, 0.05) is 5.54 Å². The summed E-state index contributed by atoms with van der Waals surface area (Å²) in [6.45, 7) is 2.24. The topological polar surface area (TPSA) is 12.0 Å². The van der Waals surface area contributed by atoms with Crippen molar-refractivity contribution in [1.29, 1.82) is 0 Å². The molecule has 3 heteroatoms. The Morgan fingerprint density at radius 2 is 2.40 bits per heavy atom. The van der Waals surface area contributed by atoms with Crippen molar-refractivity contribution in [3.63, 3.8) is 0 Å². The third kappa shape index (κ3) is 2.22. The highest BCUT2D eigenvalue weighted by molar-refractivity contribution is 8.67. The molecule has 1 aliphatic rings. The highest BCUT2D eigenvalue weighted by atomic mass is 33.1. The van der Waals surface area contributed by atoms with E-state index < -0.39 is 0 Å². The Hall–Kier alpha value is 0.400. The van der Waals surface area contributed by atoms with Crippen molar-refractivity contribution < 1.29 is 0 Å². The molecule has 0 bridgehead atoms. The number of thiol groups is 1. The number of hydrogen-bond donors (Lipinski definition) is 2. The van der Waals surface area contributed by atoms with Gasteiger partial charge in [0.15, 0.2) is 0 Å². The third-order valence-electron chi connectivity index (χ3n) is 1.89. The summed E-state index contributed by atoms with van der Waals surface area (Å²) in [7, 11) is 1.42. The molecule has 58 valence electrons. The van der Waals surface area contributed by atoms with E-state index >= 15 is 0 Å². The van der Waals surface area contributed by atoms with Crippen molar-refractivity contribution in [3.05, 3.63) is 12.2 Å². The summed E-state index contributed by atoms with van der Waals surface area (Å²) in [6, 6.07) is 0. The first kappa shape index (κ1) is 8.50. The molecule has 1 unspecified atom stereocenters. The number of allylic oxidation sites excluding steroid dienone is 1. The zero-order valence-corrected chi connectivity index (χ0v) is 7.84.